The van der Waals surface area contributed by atoms with Gasteiger partial charge in [0.25, 0.3) is 0 Å². The van der Waals surface area contributed by atoms with Crippen molar-refractivity contribution in [1.29, 1.82) is 0 Å². The first-order valence-electron chi connectivity index (χ1n) is 5.87. The molecule has 0 aliphatic carbocycles. The zero-order valence-electron chi connectivity index (χ0n) is 10.8. The summed E-state index contributed by atoms with van der Waals surface area (Å²) in [5.41, 5.74) is 2.19. The van der Waals surface area contributed by atoms with Crippen molar-refractivity contribution >= 4 is 11.6 Å². The third-order valence-electron chi connectivity index (χ3n) is 2.62. The van der Waals surface area contributed by atoms with Crippen LogP contribution >= 0.6 is 11.6 Å². The predicted molar refractivity (Wildman–Crippen MR) is 73.0 cm³/mol. The Labute approximate surface area is 109 Å². The number of nitrogens with one attached hydrogen (secondary N) is 2. The summed E-state index contributed by atoms with van der Waals surface area (Å²) < 4.78 is 5.40. The number of rotatable bonds is 7. The topological polar surface area (TPSA) is 33.3 Å². The number of ether oxygens (including phenoxy) is 1. The van der Waals surface area contributed by atoms with E-state index in [0.717, 1.165) is 48.0 Å². The molecule has 1 aromatic carbocycles. The highest BCUT2D eigenvalue weighted by atomic mass is 35.5. The molecule has 0 unspecified atom stereocenters. The number of aryl methyl sites for hydroxylation is 1. The van der Waals surface area contributed by atoms with E-state index in [0.29, 0.717) is 0 Å². The molecule has 1 rings (SSSR count). The molecule has 0 spiro atoms. The molecule has 3 nitrogen and oxygen atoms in total. The summed E-state index contributed by atoms with van der Waals surface area (Å²) >= 11 is 6.05. The largest absolute Gasteiger partial charge is 0.496 e. The van der Waals surface area contributed by atoms with Crippen molar-refractivity contribution in [2.75, 3.05) is 27.2 Å². The van der Waals surface area contributed by atoms with Gasteiger partial charge in [-0.3, -0.25) is 0 Å². The molecule has 0 aliphatic rings. The van der Waals surface area contributed by atoms with Crippen LogP contribution in [-0.2, 0) is 6.54 Å². The smallest absolute Gasteiger partial charge is 0.126 e. The summed E-state index contributed by atoms with van der Waals surface area (Å²) in [5.74, 6) is 0.926. The summed E-state index contributed by atoms with van der Waals surface area (Å²) in [4.78, 5) is 0. The van der Waals surface area contributed by atoms with Crippen molar-refractivity contribution in [1.82, 2.24) is 10.6 Å². The fourth-order valence-corrected chi connectivity index (χ4v) is 2.13. The molecular formula is C13H21ClN2O. The molecule has 0 heterocycles. The van der Waals surface area contributed by atoms with E-state index in [2.05, 4.69) is 10.6 Å². The Kier molecular flexibility index (Phi) is 6.34. The van der Waals surface area contributed by atoms with Gasteiger partial charge in [0.05, 0.1) is 7.11 Å². The van der Waals surface area contributed by atoms with E-state index >= 15 is 0 Å². The minimum absolute atomic E-state index is 0.760. The van der Waals surface area contributed by atoms with Gasteiger partial charge in [-0.15, -0.1) is 0 Å². The normalized spacial score (nSPS) is 10.6. The molecule has 0 radical (unpaired) electrons. The Balaban J connectivity index is 2.57. The monoisotopic (exact) mass is 256 g/mol. The van der Waals surface area contributed by atoms with Crippen molar-refractivity contribution < 1.29 is 4.74 Å². The van der Waals surface area contributed by atoms with Crippen molar-refractivity contribution in [3.05, 3.63) is 28.3 Å². The van der Waals surface area contributed by atoms with Crippen LogP contribution in [0.1, 0.15) is 17.5 Å². The first-order chi connectivity index (χ1) is 8.19. The molecule has 0 saturated carbocycles. The Morgan fingerprint density at radius 1 is 1.29 bits per heavy atom. The molecule has 2 N–H and O–H groups in total. The lowest BCUT2D eigenvalue weighted by atomic mass is 10.1. The van der Waals surface area contributed by atoms with E-state index in [1.807, 2.05) is 26.1 Å². The fourth-order valence-electron chi connectivity index (χ4n) is 1.84. The summed E-state index contributed by atoms with van der Waals surface area (Å²) in [6, 6.07) is 3.88. The molecule has 4 heteroatoms. The van der Waals surface area contributed by atoms with E-state index < -0.39 is 0 Å². The minimum Gasteiger partial charge on any atom is -0.496 e. The van der Waals surface area contributed by atoms with Crippen LogP contribution in [0.4, 0.5) is 0 Å². The van der Waals surface area contributed by atoms with Crippen molar-refractivity contribution in [3.8, 4) is 5.75 Å². The Morgan fingerprint density at radius 2 is 2.06 bits per heavy atom. The van der Waals surface area contributed by atoms with Gasteiger partial charge in [0, 0.05) is 17.1 Å². The van der Waals surface area contributed by atoms with Gasteiger partial charge in [-0.05, 0) is 51.2 Å². The maximum absolute atomic E-state index is 6.05. The number of hydrogen-bond acceptors (Lipinski definition) is 3. The van der Waals surface area contributed by atoms with Gasteiger partial charge in [0.15, 0.2) is 0 Å². The maximum atomic E-state index is 6.05. The van der Waals surface area contributed by atoms with Crippen LogP contribution < -0.4 is 15.4 Å². The molecule has 0 amide bonds. The third-order valence-corrected chi connectivity index (χ3v) is 2.83. The second-order valence-corrected chi connectivity index (χ2v) is 4.49. The second kappa shape index (κ2) is 7.54. The SMILES string of the molecule is CNCCCNCc1cc(Cl)cc(C)c1OC. The van der Waals surface area contributed by atoms with Crippen LogP contribution in [-0.4, -0.2) is 27.2 Å². The molecule has 0 saturated heterocycles. The average Bonchev–Trinajstić information content (AvgIpc) is 2.28. The van der Waals surface area contributed by atoms with E-state index in [1.165, 1.54) is 0 Å². The van der Waals surface area contributed by atoms with E-state index in [4.69, 9.17) is 16.3 Å². The standard InChI is InChI=1S/C13H21ClN2O/c1-10-7-12(14)8-11(13(10)17-3)9-16-6-4-5-15-2/h7-8,15-16H,4-6,9H2,1-3H3. The molecule has 0 fully saturated rings. The summed E-state index contributed by atoms with van der Waals surface area (Å²) in [6.07, 6.45) is 1.11. The van der Waals surface area contributed by atoms with Crippen LogP contribution in [0.3, 0.4) is 0 Å². The molecule has 0 aromatic heterocycles. The number of halogens is 1. The minimum atomic E-state index is 0.760. The van der Waals surface area contributed by atoms with Gasteiger partial charge in [-0.25, -0.2) is 0 Å². The van der Waals surface area contributed by atoms with E-state index in [9.17, 15) is 0 Å². The highest BCUT2D eigenvalue weighted by Gasteiger charge is 2.07. The maximum Gasteiger partial charge on any atom is 0.126 e. The van der Waals surface area contributed by atoms with Gasteiger partial charge in [-0.2, -0.15) is 0 Å². The quantitative estimate of drug-likeness (QED) is 0.735. The summed E-state index contributed by atoms with van der Waals surface area (Å²) in [5, 5.41) is 7.27. The van der Waals surface area contributed by atoms with Gasteiger partial charge in [-0.1, -0.05) is 11.6 Å². The van der Waals surface area contributed by atoms with E-state index in [1.54, 1.807) is 7.11 Å². The van der Waals surface area contributed by atoms with Crippen molar-refractivity contribution in [2.24, 2.45) is 0 Å². The molecular weight excluding hydrogens is 236 g/mol. The zero-order chi connectivity index (χ0) is 12.7. The molecule has 0 atom stereocenters. The molecule has 1 aromatic rings. The van der Waals surface area contributed by atoms with E-state index in [-0.39, 0.29) is 0 Å². The van der Waals surface area contributed by atoms with Gasteiger partial charge in [0.2, 0.25) is 0 Å². The number of benzene rings is 1. The van der Waals surface area contributed by atoms with Crippen LogP contribution in [0.5, 0.6) is 5.75 Å². The highest BCUT2D eigenvalue weighted by molar-refractivity contribution is 6.30. The van der Waals surface area contributed by atoms with Crippen LogP contribution in [0.2, 0.25) is 5.02 Å². The van der Waals surface area contributed by atoms with Gasteiger partial charge >= 0.3 is 0 Å². The third kappa shape index (κ3) is 4.54. The lowest BCUT2D eigenvalue weighted by molar-refractivity contribution is 0.404. The zero-order valence-corrected chi connectivity index (χ0v) is 11.5. The Bertz CT molecular complexity index is 356. The average molecular weight is 257 g/mol. The lowest BCUT2D eigenvalue weighted by Gasteiger charge is -2.13. The van der Waals surface area contributed by atoms with Gasteiger partial charge in [0.1, 0.15) is 5.75 Å². The summed E-state index contributed by atoms with van der Waals surface area (Å²) in [7, 11) is 3.66. The van der Waals surface area contributed by atoms with Crippen molar-refractivity contribution in [2.45, 2.75) is 19.9 Å². The number of methoxy groups -OCH3 is 1. The molecule has 17 heavy (non-hydrogen) atoms. The predicted octanol–water partition coefficient (Wildman–Crippen LogP) is 2.36. The molecule has 0 aliphatic heterocycles. The fraction of sp³-hybridized carbons (Fsp3) is 0.538. The van der Waals surface area contributed by atoms with Crippen molar-refractivity contribution in [3.63, 3.8) is 0 Å². The molecule has 0 bridgehead atoms. The van der Waals surface area contributed by atoms with Crippen LogP contribution in [0.15, 0.2) is 12.1 Å². The first kappa shape index (κ1) is 14.3. The Morgan fingerprint density at radius 3 is 2.71 bits per heavy atom. The summed E-state index contributed by atoms with van der Waals surface area (Å²) in [6.45, 7) is 4.80. The number of hydrogen-bond donors (Lipinski definition) is 2. The van der Waals surface area contributed by atoms with Gasteiger partial charge < -0.3 is 15.4 Å². The second-order valence-electron chi connectivity index (χ2n) is 4.05. The Hall–Kier alpha value is -0.770. The molecule has 96 valence electrons. The van der Waals surface area contributed by atoms with Crippen LogP contribution in [0.25, 0.3) is 0 Å². The lowest BCUT2D eigenvalue weighted by Crippen LogP contribution is -2.19. The van der Waals surface area contributed by atoms with Crippen LogP contribution in [0, 0.1) is 6.92 Å². The highest BCUT2D eigenvalue weighted by Crippen LogP contribution is 2.27. The first-order valence-corrected chi connectivity index (χ1v) is 6.25.